The third-order valence-corrected chi connectivity index (χ3v) is 1.83. The average Bonchev–Trinajstić information content (AvgIpc) is 1.99. The van der Waals surface area contributed by atoms with Gasteiger partial charge in [-0.1, -0.05) is 0 Å². The standard InChI is InChI=1S/C5H9F2NO.C2HF3O2/c6-5(7,3-9)4-1-8-2-4;3-2(4,5)1(6)7/h4,8-9H,1-3H2;(H,6,7). The molecule has 4 nitrogen and oxygen atoms in total. The second kappa shape index (κ2) is 5.39. The van der Waals surface area contributed by atoms with E-state index in [1.807, 2.05) is 0 Å². The molecule has 1 aliphatic rings. The molecule has 0 aromatic heterocycles. The van der Waals surface area contributed by atoms with Gasteiger partial charge in [-0.3, -0.25) is 0 Å². The number of carboxylic acid groups (broad SMARTS) is 1. The Labute approximate surface area is 87.1 Å². The predicted molar refractivity (Wildman–Crippen MR) is 42.1 cm³/mol. The molecule has 9 heteroatoms. The van der Waals surface area contributed by atoms with Crippen LogP contribution in [0.15, 0.2) is 0 Å². The van der Waals surface area contributed by atoms with E-state index in [0.29, 0.717) is 13.1 Å². The van der Waals surface area contributed by atoms with E-state index in [9.17, 15) is 22.0 Å². The fraction of sp³-hybridized carbons (Fsp3) is 0.857. The van der Waals surface area contributed by atoms with Crippen molar-refractivity contribution in [3.8, 4) is 0 Å². The normalized spacial score (nSPS) is 17.1. The number of aliphatic carboxylic acids is 1. The average molecular weight is 251 g/mol. The molecule has 0 atom stereocenters. The SMILES string of the molecule is O=C(O)C(F)(F)F.OCC(F)(F)C1CNC1. The molecule has 16 heavy (non-hydrogen) atoms. The van der Waals surface area contributed by atoms with Crippen LogP contribution in [0.4, 0.5) is 22.0 Å². The minimum atomic E-state index is -5.08. The number of alkyl halides is 5. The summed E-state index contributed by atoms with van der Waals surface area (Å²) < 4.78 is 56.4. The van der Waals surface area contributed by atoms with E-state index in [-0.39, 0.29) is 0 Å². The maximum atomic E-state index is 12.3. The van der Waals surface area contributed by atoms with Crippen LogP contribution in [0.3, 0.4) is 0 Å². The van der Waals surface area contributed by atoms with Crippen molar-refractivity contribution in [2.45, 2.75) is 12.1 Å². The molecule has 0 aromatic carbocycles. The number of carbonyl (C=O) groups is 1. The Bertz CT molecular complexity index is 239. The third kappa shape index (κ3) is 4.71. The van der Waals surface area contributed by atoms with Crippen molar-refractivity contribution in [1.29, 1.82) is 0 Å². The van der Waals surface area contributed by atoms with Crippen LogP contribution in [0.1, 0.15) is 0 Å². The van der Waals surface area contributed by atoms with Crippen LogP contribution in [0.2, 0.25) is 0 Å². The second-order valence-electron chi connectivity index (χ2n) is 3.08. The van der Waals surface area contributed by atoms with E-state index < -0.39 is 30.6 Å². The Kier molecular flexibility index (Phi) is 5.07. The highest BCUT2D eigenvalue weighted by Crippen LogP contribution is 2.26. The molecule has 1 rings (SSSR count). The Morgan fingerprint density at radius 2 is 1.62 bits per heavy atom. The first-order valence-electron chi connectivity index (χ1n) is 4.10. The zero-order chi connectivity index (χ0) is 13.0. The van der Waals surface area contributed by atoms with Crippen LogP contribution in [0, 0.1) is 5.92 Å². The summed E-state index contributed by atoms with van der Waals surface area (Å²) in [5, 5.41) is 18.0. The quantitative estimate of drug-likeness (QED) is 0.624. The molecule has 0 unspecified atom stereocenters. The second-order valence-corrected chi connectivity index (χ2v) is 3.08. The van der Waals surface area contributed by atoms with E-state index in [1.165, 1.54) is 0 Å². The highest BCUT2D eigenvalue weighted by molar-refractivity contribution is 5.73. The monoisotopic (exact) mass is 251 g/mol. The van der Waals surface area contributed by atoms with E-state index in [2.05, 4.69) is 5.32 Å². The first-order valence-corrected chi connectivity index (χ1v) is 4.10. The van der Waals surface area contributed by atoms with Gasteiger partial charge in [0, 0.05) is 19.0 Å². The number of aliphatic hydroxyl groups excluding tert-OH is 1. The number of nitrogens with one attached hydrogen (secondary N) is 1. The summed E-state index contributed by atoms with van der Waals surface area (Å²) in [6.07, 6.45) is -5.08. The lowest BCUT2D eigenvalue weighted by Crippen LogP contribution is -2.53. The molecular formula is C7H10F5NO3. The minimum Gasteiger partial charge on any atom is -0.475 e. The summed E-state index contributed by atoms with van der Waals surface area (Å²) >= 11 is 0. The predicted octanol–water partition coefficient (Wildman–Crippen LogP) is 0.467. The molecule has 1 heterocycles. The zero-order valence-electron chi connectivity index (χ0n) is 7.89. The van der Waals surface area contributed by atoms with Crippen LogP contribution in [-0.4, -0.2) is 48.0 Å². The summed E-state index contributed by atoms with van der Waals surface area (Å²) in [6, 6.07) is 0. The van der Waals surface area contributed by atoms with Crippen LogP contribution >= 0.6 is 0 Å². The summed E-state index contributed by atoms with van der Waals surface area (Å²) in [5.41, 5.74) is 0. The maximum absolute atomic E-state index is 12.3. The van der Waals surface area contributed by atoms with Gasteiger partial charge < -0.3 is 15.5 Å². The largest absolute Gasteiger partial charge is 0.490 e. The molecule has 1 saturated heterocycles. The molecule has 0 spiro atoms. The van der Waals surface area contributed by atoms with Crippen molar-refractivity contribution in [1.82, 2.24) is 5.32 Å². The van der Waals surface area contributed by atoms with Gasteiger partial charge in [0.25, 0.3) is 5.92 Å². The molecule has 0 amide bonds. The number of hydrogen-bond acceptors (Lipinski definition) is 3. The number of aliphatic hydroxyl groups is 1. The number of rotatable bonds is 2. The highest BCUT2D eigenvalue weighted by atomic mass is 19.4. The molecule has 96 valence electrons. The first kappa shape index (κ1) is 15.0. The lowest BCUT2D eigenvalue weighted by atomic mass is 9.96. The Morgan fingerprint density at radius 3 is 1.69 bits per heavy atom. The molecule has 0 aliphatic carbocycles. The Morgan fingerprint density at radius 1 is 1.25 bits per heavy atom. The Balaban J connectivity index is 0.000000293. The lowest BCUT2D eigenvalue weighted by Gasteiger charge is -2.32. The van der Waals surface area contributed by atoms with Gasteiger partial charge in [-0.2, -0.15) is 13.2 Å². The molecule has 0 bridgehead atoms. The minimum absolute atomic E-state index is 0.327. The number of carboxylic acids is 1. The topological polar surface area (TPSA) is 69.6 Å². The van der Waals surface area contributed by atoms with Gasteiger partial charge in [0.1, 0.15) is 6.61 Å². The molecule has 0 saturated carbocycles. The van der Waals surface area contributed by atoms with E-state index in [4.69, 9.17) is 15.0 Å². The summed E-state index contributed by atoms with van der Waals surface area (Å²) in [6.45, 7) is -0.375. The van der Waals surface area contributed by atoms with Gasteiger partial charge in [0.05, 0.1) is 0 Å². The Hall–Kier alpha value is -0.960. The summed E-state index contributed by atoms with van der Waals surface area (Å²) in [7, 11) is 0. The van der Waals surface area contributed by atoms with Crippen molar-refractivity contribution in [2.24, 2.45) is 5.92 Å². The fourth-order valence-corrected chi connectivity index (χ4v) is 0.716. The first-order chi connectivity index (χ1) is 7.11. The molecule has 1 aliphatic heterocycles. The molecule has 3 N–H and O–H groups in total. The van der Waals surface area contributed by atoms with Gasteiger partial charge in [0.2, 0.25) is 0 Å². The number of hydrogen-bond donors (Lipinski definition) is 3. The van der Waals surface area contributed by atoms with Crippen LogP contribution in [-0.2, 0) is 4.79 Å². The molecule has 0 aromatic rings. The van der Waals surface area contributed by atoms with Crippen molar-refractivity contribution in [3.63, 3.8) is 0 Å². The fourth-order valence-electron chi connectivity index (χ4n) is 0.716. The smallest absolute Gasteiger partial charge is 0.475 e. The van der Waals surface area contributed by atoms with Crippen molar-refractivity contribution >= 4 is 5.97 Å². The van der Waals surface area contributed by atoms with E-state index >= 15 is 0 Å². The maximum Gasteiger partial charge on any atom is 0.490 e. The van der Waals surface area contributed by atoms with Crippen molar-refractivity contribution < 1.29 is 37.0 Å². The third-order valence-electron chi connectivity index (χ3n) is 1.83. The van der Waals surface area contributed by atoms with E-state index in [0.717, 1.165) is 0 Å². The zero-order valence-corrected chi connectivity index (χ0v) is 7.89. The summed E-state index contributed by atoms with van der Waals surface area (Å²) in [4.78, 5) is 8.90. The van der Waals surface area contributed by atoms with Crippen LogP contribution < -0.4 is 5.32 Å². The van der Waals surface area contributed by atoms with Gasteiger partial charge in [-0.15, -0.1) is 0 Å². The van der Waals surface area contributed by atoms with Gasteiger partial charge >= 0.3 is 12.1 Å². The lowest BCUT2D eigenvalue weighted by molar-refractivity contribution is -0.192. The molecule has 1 fully saturated rings. The van der Waals surface area contributed by atoms with Gasteiger partial charge in [-0.05, 0) is 0 Å². The number of halogens is 5. The molecule has 0 radical (unpaired) electrons. The molecular weight excluding hydrogens is 241 g/mol. The summed E-state index contributed by atoms with van der Waals surface area (Å²) in [5.74, 6) is -6.28. The van der Waals surface area contributed by atoms with Gasteiger partial charge in [0.15, 0.2) is 0 Å². The van der Waals surface area contributed by atoms with Crippen molar-refractivity contribution in [2.75, 3.05) is 19.7 Å². The van der Waals surface area contributed by atoms with E-state index in [1.54, 1.807) is 0 Å². The van der Waals surface area contributed by atoms with Crippen LogP contribution in [0.25, 0.3) is 0 Å². The van der Waals surface area contributed by atoms with Crippen molar-refractivity contribution in [3.05, 3.63) is 0 Å². The highest BCUT2D eigenvalue weighted by Gasteiger charge is 2.42. The van der Waals surface area contributed by atoms with Gasteiger partial charge in [-0.25, -0.2) is 13.6 Å². The van der Waals surface area contributed by atoms with Crippen LogP contribution in [0.5, 0.6) is 0 Å².